The molecule has 5 heteroatoms. The van der Waals surface area contributed by atoms with E-state index in [0.29, 0.717) is 18.7 Å². The summed E-state index contributed by atoms with van der Waals surface area (Å²) in [6.45, 7) is 5.85. The number of rotatable bonds is 3. The lowest BCUT2D eigenvalue weighted by Gasteiger charge is -2.24. The van der Waals surface area contributed by atoms with Crippen molar-refractivity contribution in [2.75, 3.05) is 11.4 Å². The second-order valence-electron chi connectivity index (χ2n) is 5.64. The zero-order valence-electron chi connectivity index (χ0n) is 11.9. The summed E-state index contributed by atoms with van der Waals surface area (Å²) in [6.07, 6.45) is 0.460. The number of carbonyl (C=O) groups is 2. The molecule has 1 heterocycles. The molecule has 0 aliphatic carbocycles. The van der Waals surface area contributed by atoms with Gasteiger partial charge in [0.15, 0.2) is 0 Å². The minimum Gasteiger partial charge on any atom is -0.353 e. The lowest BCUT2D eigenvalue weighted by atomic mass is 9.87. The van der Waals surface area contributed by atoms with E-state index in [-0.39, 0.29) is 23.7 Å². The van der Waals surface area contributed by atoms with Crippen LogP contribution in [0.15, 0.2) is 24.3 Å². The van der Waals surface area contributed by atoms with Gasteiger partial charge in [-0.3, -0.25) is 9.59 Å². The van der Waals surface area contributed by atoms with E-state index in [2.05, 4.69) is 5.32 Å². The molecule has 0 saturated carbocycles. The van der Waals surface area contributed by atoms with Crippen LogP contribution in [0.1, 0.15) is 27.2 Å². The van der Waals surface area contributed by atoms with Gasteiger partial charge in [0.05, 0.1) is 0 Å². The van der Waals surface area contributed by atoms with Crippen molar-refractivity contribution in [3.63, 3.8) is 0 Å². The molecule has 0 bridgehead atoms. The van der Waals surface area contributed by atoms with E-state index in [4.69, 9.17) is 0 Å². The molecule has 2 rings (SSSR count). The lowest BCUT2D eigenvalue weighted by molar-refractivity contribution is -0.139. The van der Waals surface area contributed by atoms with Crippen LogP contribution in [0.25, 0.3) is 0 Å². The summed E-state index contributed by atoms with van der Waals surface area (Å²) in [4.78, 5) is 26.2. The topological polar surface area (TPSA) is 49.4 Å². The highest BCUT2D eigenvalue weighted by Gasteiger charge is 2.49. The van der Waals surface area contributed by atoms with Gasteiger partial charge < -0.3 is 10.2 Å². The average molecular weight is 278 g/mol. The van der Waals surface area contributed by atoms with Crippen molar-refractivity contribution in [1.82, 2.24) is 5.32 Å². The third-order valence-corrected chi connectivity index (χ3v) is 3.61. The van der Waals surface area contributed by atoms with E-state index < -0.39 is 5.41 Å². The van der Waals surface area contributed by atoms with E-state index in [1.165, 1.54) is 12.1 Å². The van der Waals surface area contributed by atoms with Crippen LogP contribution in [0.4, 0.5) is 10.1 Å². The second kappa shape index (κ2) is 5.23. The van der Waals surface area contributed by atoms with Crippen molar-refractivity contribution in [3.8, 4) is 0 Å². The van der Waals surface area contributed by atoms with Crippen LogP contribution < -0.4 is 10.2 Å². The van der Waals surface area contributed by atoms with Gasteiger partial charge in [0.25, 0.3) is 0 Å². The first-order valence-corrected chi connectivity index (χ1v) is 6.73. The highest BCUT2D eigenvalue weighted by atomic mass is 19.1. The zero-order chi connectivity index (χ0) is 14.9. The van der Waals surface area contributed by atoms with Crippen LogP contribution in [0.5, 0.6) is 0 Å². The molecular weight excluding hydrogens is 259 g/mol. The first-order valence-electron chi connectivity index (χ1n) is 6.73. The number of hydrogen-bond acceptors (Lipinski definition) is 2. The van der Waals surface area contributed by atoms with Gasteiger partial charge in [-0.15, -0.1) is 0 Å². The largest absolute Gasteiger partial charge is 0.353 e. The number of nitrogens with one attached hydrogen (secondary N) is 1. The molecule has 4 nitrogen and oxygen atoms in total. The molecule has 108 valence electrons. The van der Waals surface area contributed by atoms with Gasteiger partial charge in [0.2, 0.25) is 11.8 Å². The lowest BCUT2D eigenvalue weighted by Crippen LogP contribution is -2.47. The van der Waals surface area contributed by atoms with Crippen molar-refractivity contribution in [2.45, 2.75) is 33.2 Å². The summed E-state index contributed by atoms with van der Waals surface area (Å²) in [6, 6.07) is 5.73. The summed E-state index contributed by atoms with van der Waals surface area (Å²) in [5, 5.41) is 2.79. The van der Waals surface area contributed by atoms with Crippen molar-refractivity contribution in [1.29, 1.82) is 0 Å². The van der Waals surface area contributed by atoms with Crippen LogP contribution in [0, 0.1) is 11.2 Å². The fourth-order valence-electron chi connectivity index (χ4n) is 2.34. The first kappa shape index (κ1) is 14.5. The molecule has 1 atom stereocenters. The maximum Gasteiger partial charge on any atom is 0.242 e. The second-order valence-corrected chi connectivity index (χ2v) is 5.64. The third kappa shape index (κ3) is 2.53. The predicted octanol–water partition coefficient (Wildman–Crippen LogP) is 2.09. The minimum atomic E-state index is -1.04. The molecule has 1 aliphatic rings. The predicted molar refractivity (Wildman–Crippen MR) is 74.8 cm³/mol. The Balaban J connectivity index is 2.20. The highest BCUT2D eigenvalue weighted by Crippen LogP contribution is 2.35. The van der Waals surface area contributed by atoms with E-state index in [9.17, 15) is 14.0 Å². The Bertz CT molecular complexity index is 527. The van der Waals surface area contributed by atoms with Crippen molar-refractivity contribution < 1.29 is 14.0 Å². The number of halogens is 1. The van der Waals surface area contributed by atoms with Gasteiger partial charge in [-0.2, -0.15) is 0 Å². The molecule has 1 N–H and O–H groups in total. The van der Waals surface area contributed by atoms with Crippen LogP contribution >= 0.6 is 0 Å². The van der Waals surface area contributed by atoms with Crippen molar-refractivity contribution in [3.05, 3.63) is 30.1 Å². The molecule has 2 amide bonds. The summed E-state index contributed by atoms with van der Waals surface area (Å²) < 4.78 is 12.9. The Morgan fingerprint density at radius 3 is 2.50 bits per heavy atom. The molecule has 1 aliphatic heterocycles. The Morgan fingerprint density at radius 1 is 1.35 bits per heavy atom. The number of anilines is 1. The number of carbonyl (C=O) groups excluding carboxylic acids is 2. The monoisotopic (exact) mass is 278 g/mol. The van der Waals surface area contributed by atoms with Crippen molar-refractivity contribution >= 4 is 17.5 Å². The van der Waals surface area contributed by atoms with Crippen LogP contribution in [-0.4, -0.2) is 24.4 Å². The highest BCUT2D eigenvalue weighted by molar-refractivity contribution is 6.13. The van der Waals surface area contributed by atoms with Crippen LogP contribution in [0.2, 0.25) is 0 Å². The van der Waals surface area contributed by atoms with Crippen LogP contribution in [-0.2, 0) is 9.59 Å². The molecule has 1 aromatic rings. The van der Waals surface area contributed by atoms with Crippen molar-refractivity contribution in [2.24, 2.45) is 5.41 Å². The molecular formula is C15H19FN2O2. The van der Waals surface area contributed by atoms with Crippen LogP contribution in [0.3, 0.4) is 0 Å². The molecule has 0 aromatic heterocycles. The van der Waals surface area contributed by atoms with E-state index >= 15 is 0 Å². The maximum atomic E-state index is 12.9. The summed E-state index contributed by atoms with van der Waals surface area (Å²) in [7, 11) is 0. The van der Waals surface area contributed by atoms with E-state index in [0.717, 1.165) is 0 Å². The zero-order valence-corrected chi connectivity index (χ0v) is 11.9. The Kier molecular flexibility index (Phi) is 3.79. The van der Waals surface area contributed by atoms with Gasteiger partial charge in [0, 0.05) is 18.3 Å². The molecule has 1 fully saturated rings. The fourth-order valence-corrected chi connectivity index (χ4v) is 2.34. The normalized spacial score (nSPS) is 22.4. The molecule has 0 radical (unpaired) electrons. The molecule has 1 saturated heterocycles. The average Bonchev–Trinajstić information content (AvgIpc) is 2.68. The Morgan fingerprint density at radius 2 is 1.95 bits per heavy atom. The number of nitrogens with zero attached hydrogens (tertiary/aromatic N) is 1. The van der Waals surface area contributed by atoms with E-state index in [1.54, 1.807) is 24.0 Å². The molecule has 1 aromatic carbocycles. The third-order valence-electron chi connectivity index (χ3n) is 3.61. The number of benzene rings is 1. The van der Waals surface area contributed by atoms with Gasteiger partial charge in [-0.25, -0.2) is 4.39 Å². The quantitative estimate of drug-likeness (QED) is 0.861. The summed E-state index contributed by atoms with van der Waals surface area (Å²) >= 11 is 0. The molecule has 20 heavy (non-hydrogen) atoms. The van der Waals surface area contributed by atoms with Gasteiger partial charge in [0.1, 0.15) is 11.2 Å². The standard InChI is InChI=1S/C15H19FN2O2/c1-10(2)17-13(19)15(3)8-9-18(14(15)20)12-6-4-11(16)5-7-12/h4-7,10H,8-9H2,1-3H3,(H,17,19)/t15-/m1/s1. The first-order chi connectivity index (χ1) is 9.34. The SMILES string of the molecule is CC(C)NC(=O)[C@@]1(C)CCN(c2ccc(F)cc2)C1=O. The van der Waals surface area contributed by atoms with Gasteiger partial charge in [-0.05, 0) is 51.5 Å². The maximum absolute atomic E-state index is 12.9. The Hall–Kier alpha value is -1.91. The summed E-state index contributed by atoms with van der Waals surface area (Å²) in [5.74, 6) is -0.829. The van der Waals surface area contributed by atoms with Gasteiger partial charge >= 0.3 is 0 Å². The number of hydrogen-bond donors (Lipinski definition) is 1. The summed E-state index contributed by atoms with van der Waals surface area (Å²) in [5.41, 5.74) is -0.420. The molecule has 0 unspecified atom stereocenters. The number of amides is 2. The van der Waals surface area contributed by atoms with E-state index in [1.807, 2.05) is 13.8 Å². The smallest absolute Gasteiger partial charge is 0.242 e. The minimum absolute atomic E-state index is 0.00741. The fraction of sp³-hybridized carbons (Fsp3) is 0.467. The Labute approximate surface area is 118 Å². The van der Waals surface area contributed by atoms with Gasteiger partial charge in [-0.1, -0.05) is 0 Å². The molecule has 0 spiro atoms.